The summed E-state index contributed by atoms with van der Waals surface area (Å²) in [5, 5.41) is 0. The molecule has 3 unspecified atom stereocenters. The molecule has 0 N–H and O–H groups in total. The summed E-state index contributed by atoms with van der Waals surface area (Å²) < 4.78 is 5.69. The van der Waals surface area contributed by atoms with Crippen LogP contribution in [-0.4, -0.2) is 18.0 Å². The van der Waals surface area contributed by atoms with Gasteiger partial charge in [0.15, 0.2) is 5.90 Å². The number of fused-ring (bicyclic) bond motifs is 1. The Balaban J connectivity index is 2.17. The molecule has 1 heterocycles. The van der Waals surface area contributed by atoms with Crippen LogP contribution in [0.1, 0.15) is 27.2 Å². The Morgan fingerprint density at radius 1 is 1.64 bits per heavy atom. The number of rotatable bonds is 0. The van der Waals surface area contributed by atoms with Crippen molar-refractivity contribution in [1.29, 1.82) is 0 Å². The molecule has 62 valence electrons. The van der Waals surface area contributed by atoms with Gasteiger partial charge in [0.05, 0.1) is 0 Å². The van der Waals surface area contributed by atoms with E-state index in [2.05, 4.69) is 18.8 Å². The summed E-state index contributed by atoms with van der Waals surface area (Å²) in [5.74, 6) is 2.33. The van der Waals surface area contributed by atoms with Gasteiger partial charge in [-0.1, -0.05) is 6.92 Å². The number of hydrogen-bond donors (Lipinski definition) is 0. The van der Waals surface area contributed by atoms with Crippen molar-refractivity contribution in [3.05, 3.63) is 0 Å². The maximum atomic E-state index is 5.69. The molecule has 2 aliphatic rings. The van der Waals surface area contributed by atoms with Crippen LogP contribution in [0.15, 0.2) is 4.99 Å². The topological polar surface area (TPSA) is 21.6 Å². The van der Waals surface area contributed by atoms with Crippen molar-refractivity contribution in [2.75, 3.05) is 6.54 Å². The summed E-state index contributed by atoms with van der Waals surface area (Å²) in [5.41, 5.74) is 0.142. The Morgan fingerprint density at radius 3 is 3.09 bits per heavy atom. The Kier molecular flexibility index (Phi) is 1.29. The maximum Gasteiger partial charge on any atom is 0.180 e. The highest BCUT2D eigenvalue weighted by Crippen LogP contribution is 2.52. The first-order valence-electron chi connectivity index (χ1n) is 4.32. The molecule has 1 aliphatic carbocycles. The zero-order valence-electron chi connectivity index (χ0n) is 7.42. The molecular formula is C9H15NO. The third-order valence-corrected chi connectivity index (χ3v) is 2.92. The third kappa shape index (κ3) is 1.05. The van der Waals surface area contributed by atoms with Crippen LogP contribution >= 0.6 is 0 Å². The predicted molar refractivity (Wildman–Crippen MR) is 44.7 cm³/mol. The predicted octanol–water partition coefficient (Wildman–Crippen LogP) is 1.85. The lowest BCUT2D eigenvalue weighted by molar-refractivity contribution is 0.160. The lowest BCUT2D eigenvalue weighted by Crippen LogP contribution is -2.16. The summed E-state index contributed by atoms with van der Waals surface area (Å²) in [6.45, 7) is 7.37. The largest absolute Gasteiger partial charge is 0.475 e. The number of hydrogen-bond acceptors (Lipinski definition) is 2. The van der Waals surface area contributed by atoms with Gasteiger partial charge in [0.25, 0.3) is 0 Å². The second-order valence-electron chi connectivity index (χ2n) is 4.06. The van der Waals surface area contributed by atoms with Gasteiger partial charge in [0.2, 0.25) is 0 Å². The van der Waals surface area contributed by atoms with Gasteiger partial charge in [0.1, 0.15) is 5.60 Å². The Morgan fingerprint density at radius 2 is 2.36 bits per heavy atom. The van der Waals surface area contributed by atoms with Crippen LogP contribution in [0.2, 0.25) is 0 Å². The molecule has 2 nitrogen and oxygen atoms in total. The lowest BCUT2D eigenvalue weighted by atomic mass is 10.0. The van der Waals surface area contributed by atoms with E-state index in [0.717, 1.165) is 18.4 Å². The third-order valence-electron chi connectivity index (χ3n) is 2.92. The number of aliphatic imine (C=N–C) groups is 1. The zero-order chi connectivity index (χ0) is 8.06. The first-order chi connectivity index (χ1) is 5.12. The van der Waals surface area contributed by atoms with E-state index in [0.29, 0.717) is 5.92 Å². The van der Waals surface area contributed by atoms with E-state index < -0.39 is 0 Å². The Bertz CT molecular complexity index is 212. The molecule has 1 saturated carbocycles. The van der Waals surface area contributed by atoms with E-state index in [9.17, 15) is 0 Å². The van der Waals surface area contributed by atoms with Crippen LogP contribution in [0.5, 0.6) is 0 Å². The normalized spacial score (nSPS) is 48.5. The van der Waals surface area contributed by atoms with Gasteiger partial charge in [-0.2, -0.15) is 0 Å². The van der Waals surface area contributed by atoms with Gasteiger partial charge >= 0.3 is 0 Å². The van der Waals surface area contributed by atoms with Crippen molar-refractivity contribution in [3.63, 3.8) is 0 Å². The monoisotopic (exact) mass is 153 g/mol. The van der Waals surface area contributed by atoms with Crippen molar-refractivity contribution in [1.82, 2.24) is 0 Å². The molecule has 3 atom stereocenters. The standard InChI is InChI=1S/C9H15NO/c1-6-5-10-7(2)11-9(3)4-8(6)9/h6,8H,4-5H2,1-3H3. The van der Waals surface area contributed by atoms with Crippen molar-refractivity contribution in [3.8, 4) is 0 Å². The van der Waals surface area contributed by atoms with Gasteiger partial charge < -0.3 is 4.74 Å². The second-order valence-corrected chi connectivity index (χ2v) is 4.06. The van der Waals surface area contributed by atoms with E-state index in [1.807, 2.05) is 6.92 Å². The maximum absolute atomic E-state index is 5.69. The minimum absolute atomic E-state index is 0.142. The van der Waals surface area contributed by atoms with Gasteiger partial charge in [-0.3, -0.25) is 4.99 Å². The Hall–Kier alpha value is -0.530. The van der Waals surface area contributed by atoms with E-state index >= 15 is 0 Å². The van der Waals surface area contributed by atoms with Gasteiger partial charge in [-0.05, 0) is 19.3 Å². The molecule has 1 aliphatic heterocycles. The molecule has 0 aromatic heterocycles. The van der Waals surface area contributed by atoms with Crippen LogP contribution in [0.25, 0.3) is 0 Å². The van der Waals surface area contributed by atoms with E-state index in [-0.39, 0.29) is 5.60 Å². The molecule has 11 heavy (non-hydrogen) atoms. The summed E-state index contributed by atoms with van der Waals surface area (Å²) in [4.78, 5) is 4.33. The minimum atomic E-state index is 0.142. The molecule has 0 amide bonds. The van der Waals surface area contributed by atoms with Gasteiger partial charge in [-0.25, -0.2) is 0 Å². The molecule has 0 spiro atoms. The highest BCUT2D eigenvalue weighted by molar-refractivity contribution is 5.74. The van der Waals surface area contributed by atoms with Crippen LogP contribution in [0.4, 0.5) is 0 Å². The molecule has 2 rings (SSSR count). The highest BCUT2D eigenvalue weighted by Gasteiger charge is 2.56. The molecule has 0 bridgehead atoms. The first-order valence-corrected chi connectivity index (χ1v) is 4.32. The van der Waals surface area contributed by atoms with Crippen LogP contribution in [-0.2, 0) is 4.74 Å². The minimum Gasteiger partial charge on any atom is -0.475 e. The SMILES string of the molecule is CC1=NCC(C)C2CC2(C)O1. The fraction of sp³-hybridized carbons (Fsp3) is 0.889. The summed E-state index contributed by atoms with van der Waals surface area (Å²) >= 11 is 0. The van der Waals surface area contributed by atoms with E-state index in [1.54, 1.807) is 0 Å². The van der Waals surface area contributed by atoms with Crippen molar-refractivity contribution < 1.29 is 4.74 Å². The first kappa shape index (κ1) is 7.14. The van der Waals surface area contributed by atoms with Crippen LogP contribution in [0.3, 0.4) is 0 Å². The molecule has 0 radical (unpaired) electrons. The highest BCUT2D eigenvalue weighted by atomic mass is 16.5. The van der Waals surface area contributed by atoms with Crippen molar-refractivity contribution in [2.24, 2.45) is 16.8 Å². The van der Waals surface area contributed by atoms with E-state index in [1.165, 1.54) is 6.42 Å². The smallest absolute Gasteiger partial charge is 0.180 e. The summed E-state index contributed by atoms with van der Waals surface area (Å²) in [7, 11) is 0. The van der Waals surface area contributed by atoms with Crippen molar-refractivity contribution >= 4 is 5.90 Å². The Labute approximate surface area is 67.7 Å². The lowest BCUT2D eigenvalue weighted by Gasteiger charge is -2.12. The zero-order valence-corrected chi connectivity index (χ0v) is 7.42. The molecular weight excluding hydrogens is 138 g/mol. The number of ether oxygens (including phenoxy) is 1. The van der Waals surface area contributed by atoms with Crippen molar-refractivity contribution in [2.45, 2.75) is 32.8 Å². The number of nitrogens with zero attached hydrogens (tertiary/aromatic N) is 1. The molecule has 1 fully saturated rings. The molecule has 0 aromatic rings. The van der Waals surface area contributed by atoms with Gasteiger partial charge in [0, 0.05) is 19.4 Å². The quantitative estimate of drug-likeness (QED) is 0.520. The fourth-order valence-corrected chi connectivity index (χ4v) is 2.07. The fourth-order valence-electron chi connectivity index (χ4n) is 2.07. The molecule has 0 saturated heterocycles. The second kappa shape index (κ2) is 1.99. The molecule has 0 aromatic carbocycles. The van der Waals surface area contributed by atoms with Crippen LogP contribution < -0.4 is 0 Å². The average molecular weight is 153 g/mol. The van der Waals surface area contributed by atoms with E-state index in [4.69, 9.17) is 4.74 Å². The molecule has 2 heteroatoms. The van der Waals surface area contributed by atoms with Crippen LogP contribution in [0, 0.1) is 11.8 Å². The summed E-state index contributed by atoms with van der Waals surface area (Å²) in [6, 6.07) is 0. The summed E-state index contributed by atoms with van der Waals surface area (Å²) in [6.07, 6.45) is 1.22. The average Bonchev–Trinajstić information content (AvgIpc) is 2.56. The van der Waals surface area contributed by atoms with Gasteiger partial charge in [-0.15, -0.1) is 0 Å².